The number of hydrogen-bond acceptors (Lipinski definition) is 6. The van der Waals surface area contributed by atoms with Crippen molar-refractivity contribution in [3.8, 4) is 0 Å². The van der Waals surface area contributed by atoms with Crippen LogP contribution in [0.4, 0.5) is 21.9 Å². The topological polar surface area (TPSA) is 111 Å². The zero-order valence-electron chi connectivity index (χ0n) is 17.6. The third-order valence-corrected chi connectivity index (χ3v) is 6.51. The first-order valence-electron chi connectivity index (χ1n) is 10.5. The van der Waals surface area contributed by atoms with Gasteiger partial charge in [-0.15, -0.1) is 0 Å². The second-order valence-electron chi connectivity index (χ2n) is 8.40. The molecule has 0 saturated carbocycles. The minimum Gasteiger partial charge on any atom is -0.368 e. The molecule has 2 saturated heterocycles. The number of imide groups is 2. The molecule has 9 nitrogen and oxygen atoms in total. The van der Waals surface area contributed by atoms with E-state index in [1.165, 1.54) is 6.92 Å². The minimum absolute atomic E-state index is 0.129. The van der Waals surface area contributed by atoms with Gasteiger partial charge in [-0.3, -0.25) is 25.0 Å². The number of para-hydroxylation sites is 1. The molecule has 9 heteroatoms. The number of rotatable bonds is 2. The molecule has 5 rings (SSSR count). The van der Waals surface area contributed by atoms with Gasteiger partial charge in [-0.25, -0.2) is 4.79 Å². The summed E-state index contributed by atoms with van der Waals surface area (Å²) < 4.78 is 0. The highest BCUT2D eigenvalue weighted by molar-refractivity contribution is 6.20. The molecule has 32 heavy (non-hydrogen) atoms. The fraction of sp³-hybridized carbons (Fsp3) is 0.304. The van der Waals surface area contributed by atoms with Crippen molar-refractivity contribution < 1.29 is 19.2 Å². The van der Waals surface area contributed by atoms with E-state index in [4.69, 9.17) is 0 Å². The molecule has 0 unspecified atom stereocenters. The van der Waals surface area contributed by atoms with Crippen molar-refractivity contribution >= 4 is 40.8 Å². The van der Waals surface area contributed by atoms with Crippen molar-refractivity contribution in [2.45, 2.75) is 19.4 Å². The Labute approximate surface area is 184 Å². The number of carbonyl (C=O) groups is 4. The van der Waals surface area contributed by atoms with Crippen LogP contribution in [0, 0.1) is 5.41 Å². The summed E-state index contributed by atoms with van der Waals surface area (Å²) in [6, 6.07) is 14.1. The van der Waals surface area contributed by atoms with Gasteiger partial charge in [-0.05, 0) is 42.3 Å². The van der Waals surface area contributed by atoms with Gasteiger partial charge < -0.3 is 15.1 Å². The van der Waals surface area contributed by atoms with E-state index in [0.717, 1.165) is 16.9 Å². The molecule has 0 aliphatic carbocycles. The molecule has 2 fully saturated rings. The van der Waals surface area contributed by atoms with E-state index in [9.17, 15) is 19.2 Å². The van der Waals surface area contributed by atoms with Crippen LogP contribution in [0.2, 0.25) is 0 Å². The van der Waals surface area contributed by atoms with Gasteiger partial charge >= 0.3 is 6.03 Å². The number of urea groups is 1. The SMILES string of the molecule is CC(=O)Nc1ccc2c(c1)CC1(C(=O)NC(=O)NC1=O)[C@H]1CN(c3ccccc3)CCN21. The van der Waals surface area contributed by atoms with E-state index in [-0.39, 0.29) is 12.3 Å². The fourth-order valence-electron chi connectivity index (χ4n) is 5.10. The lowest BCUT2D eigenvalue weighted by molar-refractivity contribution is -0.146. The Morgan fingerprint density at radius 1 is 1.03 bits per heavy atom. The molecule has 3 aliphatic heterocycles. The van der Waals surface area contributed by atoms with Gasteiger partial charge in [0.1, 0.15) is 0 Å². The molecule has 3 N–H and O–H groups in total. The number of hydrogen-bond donors (Lipinski definition) is 3. The predicted molar refractivity (Wildman–Crippen MR) is 118 cm³/mol. The van der Waals surface area contributed by atoms with Crippen LogP contribution in [0.1, 0.15) is 12.5 Å². The normalized spacial score (nSPS) is 21.4. The number of nitrogens with one attached hydrogen (secondary N) is 3. The van der Waals surface area contributed by atoms with Crippen LogP contribution < -0.4 is 25.8 Å². The molecule has 3 heterocycles. The Hall–Kier alpha value is -3.88. The van der Waals surface area contributed by atoms with Crippen LogP contribution in [0.15, 0.2) is 48.5 Å². The Morgan fingerprint density at radius 3 is 2.44 bits per heavy atom. The van der Waals surface area contributed by atoms with Crippen molar-refractivity contribution in [1.82, 2.24) is 10.6 Å². The van der Waals surface area contributed by atoms with E-state index in [0.29, 0.717) is 25.3 Å². The highest BCUT2D eigenvalue weighted by Crippen LogP contribution is 2.45. The maximum Gasteiger partial charge on any atom is 0.328 e. The van der Waals surface area contributed by atoms with Gasteiger partial charge in [0.15, 0.2) is 5.41 Å². The average molecular weight is 433 g/mol. The van der Waals surface area contributed by atoms with Gasteiger partial charge in [0.25, 0.3) is 0 Å². The van der Waals surface area contributed by atoms with E-state index in [1.807, 2.05) is 42.5 Å². The third-order valence-electron chi connectivity index (χ3n) is 6.51. The quantitative estimate of drug-likeness (QED) is 0.615. The lowest BCUT2D eigenvalue weighted by Gasteiger charge is -2.54. The first-order valence-corrected chi connectivity index (χ1v) is 10.5. The highest BCUT2D eigenvalue weighted by atomic mass is 16.2. The monoisotopic (exact) mass is 433 g/mol. The summed E-state index contributed by atoms with van der Waals surface area (Å²) in [7, 11) is 0. The Bertz CT molecular complexity index is 1110. The number of amides is 5. The van der Waals surface area contributed by atoms with E-state index < -0.39 is 29.3 Å². The highest BCUT2D eigenvalue weighted by Gasteiger charge is 2.60. The van der Waals surface area contributed by atoms with E-state index in [1.54, 1.807) is 6.07 Å². The Morgan fingerprint density at radius 2 is 1.75 bits per heavy atom. The molecule has 3 aliphatic rings. The van der Waals surface area contributed by atoms with Crippen LogP contribution in [0.25, 0.3) is 0 Å². The molecule has 0 radical (unpaired) electrons. The summed E-state index contributed by atoms with van der Waals surface area (Å²) in [5.74, 6) is -1.39. The number of nitrogens with zero attached hydrogens (tertiary/aromatic N) is 2. The molecule has 0 aromatic heterocycles. The molecule has 1 atom stereocenters. The number of anilines is 3. The van der Waals surface area contributed by atoms with Crippen molar-refractivity contribution in [3.63, 3.8) is 0 Å². The third kappa shape index (κ3) is 3.08. The second-order valence-corrected chi connectivity index (χ2v) is 8.40. The van der Waals surface area contributed by atoms with Crippen LogP contribution >= 0.6 is 0 Å². The zero-order chi connectivity index (χ0) is 22.5. The molecular weight excluding hydrogens is 410 g/mol. The summed E-state index contributed by atoms with van der Waals surface area (Å²) in [6.45, 7) is 3.19. The van der Waals surface area contributed by atoms with Gasteiger partial charge in [-0.1, -0.05) is 18.2 Å². The van der Waals surface area contributed by atoms with Crippen LogP contribution in [-0.4, -0.2) is 49.4 Å². The maximum atomic E-state index is 13.3. The van der Waals surface area contributed by atoms with Crippen molar-refractivity contribution in [1.29, 1.82) is 0 Å². The maximum absolute atomic E-state index is 13.3. The lowest BCUT2D eigenvalue weighted by atomic mass is 9.68. The minimum atomic E-state index is -1.47. The molecule has 2 aromatic rings. The molecular formula is C23H23N5O4. The summed E-state index contributed by atoms with van der Waals surface area (Å²) in [5, 5.41) is 7.38. The van der Waals surface area contributed by atoms with Gasteiger partial charge in [0.2, 0.25) is 17.7 Å². The molecule has 0 bridgehead atoms. The number of carbonyl (C=O) groups excluding carboxylic acids is 4. The summed E-state index contributed by atoms with van der Waals surface area (Å²) >= 11 is 0. The number of fused-ring (bicyclic) bond motifs is 4. The summed E-state index contributed by atoms with van der Waals surface area (Å²) in [5.41, 5.74) is 1.85. The average Bonchev–Trinajstić information content (AvgIpc) is 2.77. The summed E-state index contributed by atoms with van der Waals surface area (Å²) in [4.78, 5) is 54.1. The lowest BCUT2D eigenvalue weighted by Crippen LogP contribution is -2.74. The number of barbiturate groups is 1. The first-order chi connectivity index (χ1) is 15.4. The molecule has 5 amide bonds. The van der Waals surface area contributed by atoms with Crippen molar-refractivity contribution in [2.75, 3.05) is 34.8 Å². The molecule has 2 aromatic carbocycles. The Balaban J connectivity index is 1.60. The number of piperazine rings is 1. The van der Waals surface area contributed by atoms with Crippen LogP contribution in [0.3, 0.4) is 0 Å². The van der Waals surface area contributed by atoms with Crippen LogP contribution in [0.5, 0.6) is 0 Å². The Kier molecular flexibility index (Phi) is 4.61. The fourth-order valence-corrected chi connectivity index (χ4v) is 5.10. The van der Waals surface area contributed by atoms with E-state index in [2.05, 4.69) is 25.8 Å². The van der Waals surface area contributed by atoms with Crippen LogP contribution in [-0.2, 0) is 20.8 Å². The standard InChI is InChI=1S/C23H23N5O4/c1-14(29)24-16-7-8-18-15(11-16)12-23(20(30)25-22(32)26-21(23)31)19-13-27(9-10-28(18)19)17-5-3-2-4-6-17/h2-8,11,19H,9-10,12-13H2,1H3,(H,24,29)(H2,25,26,30,31,32)/t19-/m1/s1. The van der Waals surface area contributed by atoms with Gasteiger partial charge in [0, 0.05) is 43.6 Å². The predicted octanol–water partition coefficient (Wildman–Crippen LogP) is 1.25. The smallest absolute Gasteiger partial charge is 0.328 e. The van der Waals surface area contributed by atoms with Gasteiger partial charge in [-0.2, -0.15) is 0 Å². The number of benzene rings is 2. The van der Waals surface area contributed by atoms with Gasteiger partial charge in [0.05, 0.1) is 6.04 Å². The first kappa shape index (κ1) is 20.0. The van der Waals surface area contributed by atoms with Crippen molar-refractivity contribution in [3.05, 3.63) is 54.1 Å². The molecule has 164 valence electrons. The van der Waals surface area contributed by atoms with E-state index >= 15 is 0 Å². The largest absolute Gasteiger partial charge is 0.368 e. The van der Waals surface area contributed by atoms with Crippen molar-refractivity contribution in [2.24, 2.45) is 5.41 Å². The zero-order valence-corrected chi connectivity index (χ0v) is 17.6. The summed E-state index contributed by atoms with van der Waals surface area (Å²) in [6.07, 6.45) is 0.129. The second kappa shape index (κ2) is 7.37. The molecule has 1 spiro atoms.